The van der Waals surface area contributed by atoms with Crippen molar-refractivity contribution in [1.29, 1.82) is 0 Å². The molecule has 0 fully saturated rings. The second-order valence-corrected chi connectivity index (χ2v) is 2.86. The maximum atomic E-state index is 11.9. The minimum atomic E-state index is -4.21. The predicted octanol–water partition coefficient (Wildman–Crippen LogP) is 1.96. The lowest BCUT2D eigenvalue weighted by atomic mass is 9.89. The summed E-state index contributed by atoms with van der Waals surface area (Å²) in [5.74, 6) is 0. The molecule has 0 aromatic rings. The van der Waals surface area contributed by atoms with Gasteiger partial charge in [-0.25, -0.2) is 0 Å². The molecule has 62 valence electrons. The first kappa shape index (κ1) is 9.75. The Labute approximate surface area is 57.9 Å². The Kier molecular flexibility index (Phi) is 2.71. The molecule has 0 bridgehead atoms. The Hall–Kier alpha value is -0.250. The van der Waals surface area contributed by atoms with Gasteiger partial charge < -0.3 is 5.11 Å². The molecule has 0 aromatic carbocycles. The molecule has 1 N–H and O–H groups in total. The monoisotopic (exact) mass is 156 g/mol. The third kappa shape index (κ3) is 2.17. The van der Waals surface area contributed by atoms with E-state index in [0.29, 0.717) is 0 Å². The lowest BCUT2D eigenvalue weighted by Crippen LogP contribution is -2.32. The van der Waals surface area contributed by atoms with E-state index in [4.69, 9.17) is 5.11 Å². The van der Waals surface area contributed by atoms with E-state index in [0.717, 1.165) is 13.8 Å². The van der Waals surface area contributed by atoms with Gasteiger partial charge in [0.2, 0.25) is 0 Å². The molecule has 0 aliphatic rings. The Bertz CT molecular complexity index is 106. The number of aliphatic hydroxyl groups is 1. The van der Waals surface area contributed by atoms with Crippen molar-refractivity contribution in [2.75, 3.05) is 6.61 Å². The molecule has 0 amide bonds. The van der Waals surface area contributed by atoms with Gasteiger partial charge in [0.1, 0.15) is 0 Å². The first-order chi connectivity index (χ1) is 4.31. The van der Waals surface area contributed by atoms with E-state index in [1.807, 2.05) is 0 Å². The molecule has 1 nitrogen and oxygen atoms in total. The second-order valence-electron chi connectivity index (χ2n) is 2.86. The van der Waals surface area contributed by atoms with Gasteiger partial charge in [-0.1, -0.05) is 13.8 Å². The number of aliphatic hydroxyl groups excluding tert-OH is 1. The van der Waals surface area contributed by atoms with Crippen LogP contribution in [0.3, 0.4) is 0 Å². The average molecular weight is 156 g/mol. The molecular weight excluding hydrogens is 145 g/mol. The molecule has 0 radical (unpaired) electrons. The Balaban J connectivity index is 4.10. The Morgan fingerprint density at radius 3 is 1.70 bits per heavy atom. The van der Waals surface area contributed by atoms with Crippen molar-refractivity contribution in [1.82, 2.24) is 0 Å². The molecule has 0 atom stereocenters. The summed E-state index contributed by atoms with van der Waals surface area (Å²) in [6.45, 7) is 1.72. The van der Waals surface area contributed by atoms with E-state index in [1.165, 1.54) is 0 Å². The molecule has 0 heterocycles. The largest absolute Gasteiger partial charge is 0.396 e. The SMILES string of the molecule is CC(C)(CCO)C(F)(F)F. The Morgan fingerprint density at radius 2 is 1.60 bits per heavy atom. The summed E-state index contributed by atoms with van der Waals surface area (Å²) in [6.07, 6.45) is -4.45. The smallest absolute Gasteiger partial charge is 0.394 e. The van der Waals surface area contributed by atoms with Crippen molar-refractivity contribution in [2.45, 2.75) is 26.4 Å². The van der Waals surface area contributed by atoms with Crippen LogP contribution in [-0.2, 0) is 0 Å². The molecule has 0 aromatic heterocycles. The minimum absolute atomic E-state index is 0.240. The van der Waals surface area contributed by atoms with Crippen LogP contribution < -0.4 is 0 Å². The third-order valence-electron chi connectivity index (χ3n) is 1.50. The van der Waals surface area contributed by atoms with Crippen LogP contribution in [0.2, 0.25) is 0 Å². The normalized spacial score (nSPS) is 13.8. The van der Waals surface area contributed by atoms with Gasteiger partial charge in [-0.15, -0.1) is 0 Å². The summed E-state index contributed by atoms with van der Waals surface area (Å²) >= 11 is 0. The Morgan fingerprint density at radius 1 is 1.20 bits per heavy atom. The van der Waals surface area contributed by atoms with Crippen LogP contribution in [0.1, 0.15) is 20.3 Å². The summed E-state index contributed by atoms with van der Waals surface area (Å²) in [5, 5.41) is 8.27. The van der Waals surface area contributed by atoms with E-state index in [1.54, 1.807) is 0 Å². The fourth-order valence-corrected chi connectivity index (χ4v) is 0.421. The van der Waals surface area contributed by atoms with E-state index in [9.17, 15) is 13.2 Å². The number of alkyl halides is 3. The standard InChI is InChI=1S/C6H11F3O/c1-5(2,3-4-10)6(7,8)9/h10H,3-4H2,1-2H3. The van der Waals surface area contributed by atoms with Gasteiger partial charge in [0.05, 0.1) is 5.41 Å². The summed E-state index contributed by atoms with van der Waals surface area (Å²) < 4.78 is 35.7. The van der Waals surface area contributed by atoms with Crippen molar-refractivity contribution < 1.29 is 18.3 Å². The maximum Gasteiger partial charge on any atom is 0.394 e. The van der Waals surface area contributed by atoms with Gasteiger partial charge in [0, 0.05) is 6.61 Å². The zero-order valence-corrected chi connectivity index (χ0v) is 6.00. The van der Waals surface area contributed by atoms with Crippen molar-refractivity contribution in [2.24, 2.45) is 5.41 Å². The lowest BCUT2D eigenvalue weighted by Gasteiger charge is -2.26. The quantitative estimate of drug-likeness (QED) is 0.647. The van der Waals surface area contributed by atoms with Crippen LogP contribution in [0.15, 0.2) is 0 Å². The summed E-state index contributed by atoms with van der Waals surface area (Å²) in [7, 11) is 0. The van der Waals surface area contributed by atoms with Crippen molar-refractivity contribution in [3.63, 3.8) is 0 Å². The molecule has 0 aliphatic carbocycles. The molecular formula is C6H11F3O. The number of rotatable bonds is 2. The van der Waals surface area contributed by atoms with Gasteiger partial charge >= 0.3 is 6.18 Å². The highest BCUT2D eigenvalue weighted by atomic mass is 19.4. The van der Waals surface area contributed by atoms with E-state index in [2.05, 4.69) is 0 Å². The van der Waals surface area contributed by atoms with Gasteiger partial charge in [-0.2, -0.15) is 13.2 Å². The molecule has 0 rings (SSSR count). The van der Waals surface area contributed by atoms with Crippen molar-refractivity contribution in [3.05, 3.63) is 0 Å². The molecule has 4 heteroatoms. The molecule has 0 aliphatic heterocycles. The van der Waals surface area contributed by atoms with Gasteiger partial charge in [0.25, 0.3) is 0 Å². The second kappa shape index (κ2) is 2.78. The van der Waals surface area contributed by atoms with Gasteiger partial charge in [0.15, 0.2) is 0 Å². The van der Waals surface area contributed by atoms with E-state index in [-0.39, 0.29) is 6.42 Å². The van der Waals surface area contributed by atoms with Crippen LogP contribution in [0.25, 0.3) is 0 Å². The van der Waals surface area contributed by atoms with Crippen LogP contribution >= 0.6 is 0 Å². The van der Waals surface area contributed by atoms with E-state index >= 15 is 0 Å². The average Bonchev–Trinajstić information content (AvgIpc) is 1.61. The fourth-order valence-electron chi connectivity index (χ4n) is 0.421. The number of halogens is 3. The highest BCUT2D eigenvalue weighted by Gasteiger charge is 2.46. The first-order valence-corrected chi connectivity index (χ1v) is 2.99. The third-order valence-corrected chi connectivity index (χ3v) is 1.50. The van der Waals surface area contributed by atoms with E-state index < -0.39 is 18.2 Å². The summed E-state index contributed by atoms with van der Waals surface area (Å²) in [5.41, 5.74) is -1.76. The molecule has 0 saturated heterocycles. The highest BCUT2D eigenvalue weighted by molar-refractivity contribution is 4.76. The van der Waals surface area contributed by atoms with Gasteiger partial charge in [-0.3, -0.25) is 0 Å². The molecule has 0 saturated carbocycles. The van der Waals surface area contributed by atoms with Gasteiger partial charge in [-0.05, 0) is 6.42 Å². The van der Waals surface area contributed by atoms with Crippen LogP contribution in [-0.4, -0.2) is 17.9 Å². The van der Waals surface area contributed by atoms with Crippen LogP contribution in [0.4, 0.5) is 13.2 Å². The summed E-state index contributed by atoms with van der Waals surface area (Å²) in [6, 6.07) is 0. The minimum Gasteiger partial charge on any atom is -0.396 e. The maximum absolute atomic E-state index is 11.9. The molecule has 0 spiro atoms. The van der Waals surface area contributed by atoms with Crippen LogP contribution in [0.5, 0.6) is 0 Å². The predicted molar refractivity (Wildman–Crippen MR) is 31.5 cm³/mol. The first-order valence-electron chi connectivity index (χ1n) is 2.99. The van der Waals surface area contributed by atoms with Crippen LogP contribution in [0, 0.1) is 5.41 Å². The zero-order valence-electron chi connectivity index (χ0n) is 6.00. The number of hydrogen-bond donors (Lipinski definition) is 1. The summed E-state index contributed by atoms with van der Waals surface area (Å²) in [4.78, 5) is 0. The molecule has 0 unspecified atom stereocenters. The topological polar surface area (TPSA) is 20.2 Å². The van der Waals surface area contributed by atoms with Crippen molar-refractivity contribution in [3.8, 4) is 0 Å². The highest BCUT2D eigenvalue weighted by Crippen LogP contribution is 2.39. The zero-order chi connectivity index (χ0) is 8.41. The fraction of sp³-hybridized carbons (Fsp3) is 1.00. The van der Waals surface area contributed by atoms with Crippen molar-refractivity contribution >= 4 is 0 Å². The number of hydrogen-bond acceptors (Lipinski definition) is 1. The lowest BCUT2D eigenvalue weighted by molar-refractivity contribution is -0.215. The molecule has 10 heavy (non-hydrogen) atoms.